The molecule has 22 heavy (non-hydrogen) atoms. The molecule has 1 aliphatic rings. The second-order valence-electron chi connectivity index (χ2n) is 5.67. The summed E-state index contributed by atoms with van der Waals surface area (Å²) in [7, 11) is 0. The molecule has 2 rings (SSSR count). The number of rotatable bonds is 5. The Labute approximate surface area is 128 Å². The van der Waals surface area contributed by atoms with E-state index in [-0.39, 0.29) is 24.0 Å². The lowest BCUT2D eigenvalue weighted by atomic mass is 10.1. The first-order valence-corrected chi connectivity index (χ1v) is 7.28. The van der Waals surface area contributed by atoms with Gasteiger partial charge in [-0.25, -0.2) is 0 Å². The molecule has 1 saturated heterocycles. The molecule has 2 heterocycles. The van der Waals surface area contributed by atoms with Gasteiger partial charge in [0.25, 0.3) is 5.91 Å². The van der Waals surface area contributed by atoms with Crippen LogP contribution in [0.25, 0.3) is 0 Å². The number of morpholine rings is 1. The van der Waals surface area contributed by atoms with Crippen LogP contribution in [0.5, 0.6) is 0 Å². The summed E-state index contributed by atoms with van der Waals surface area (Å²) in [4.78, 5) is 24.0. The Bertz CT molecular complexity index is 534. The van der Waals surface area contributed by atoms with Gasteiger partial charge in [0.2, 0.25) is 0 Å². The van der Waals surface area contributed by atoms with E-state index in [2.05, 4.69) is 10.2 Å². The fourth-order valence-corrected chi connectivity index (χ4v) is 2.58. The highest BCUT2D eigenvalue weighted by molar-refractivity contribution is 5.91. The molecular formula is C14H21N3O5. The Morgan fingerprint density at radius 1 is 1.45 bits per heavy atom. The van der Waals surface area contributed by atoms with Gasteiger partial charge in [-0.3, -0.25) is 19.8 Å². The molecule has 8 nitrogen and oxygen atoms in total. The second kappa shape index (κ2) is 6.89. The van der Waals surface area contributed by atoms with Crippen molar-refractivity contribution < 1.29 is 18.9 Å². The average Bonchev–Trinajstić information content (AvgIpc) is 2.93. The van der Waals surface area contributed by atoms with E-state index in [0.29, 0.717) is 6.54 Å². The minimum Gasteiger partial charge on any atom is -0.395 e. The van der Waals surface area contributed by atoms with E-state index in [1.54, 1.807) is 0 Å². The molecule has 8 heteroatoms. The fraction of sp³-hybridized carbons (Fsp3) is 0.643. The number of carbonyl (C=O) groups is 1. The third-order valence-electron chi connectivity index (χ3n) is 3.62. The lowest BCUT2D eigenvalue weighted by Crippen LogP contribution is -2.52. The van der Waals surface area contributed by atoms with Crippen LogP contribution in [-0.4, -0.2) is 53.6 Å². The predicted molar refractivity (Wildman–Crippen MR) is 78.7 cm³/mol. The Balaban J connectivity index is 1.85. The largest absolute Gasteiger partial charge is 0.433 e. The highest BCUT2D eigenvalue weighted by Gasteiger charge is 2.26. The van der Waals surface area contributed by atoms with Crippen LogP contribution in [0.2, 0.25) is 0 Å². The molecular weight excluding hydrogens is 290 g/mol. The fourth-order valence-electron chi connectivity index (χ4n) is 2.58. The minimum atomic E-state index is -0.671. The van der Waals surface area contributed by atoms with Crippen molar-refractivity contribution >= 4 is 11.8 Å². The van der Waals surface area contributed by atoms with Crippen molar-refractivity contribution in [3.05, 3.63) is 28.0 Å². The van der Waals surface area contributed by atoms with Crippen molar-refractivity contribution in [2.45, 2.75) is 39.0 Å². The summed E-state index contributed by atoms with van der Waals surface area (Å²) in [6, 6.07) is 2.61. The van der Waals surface area contributed by atoms with E-state index in [1.165, 1.54) is 12.1 Å². The van der Waals surface area contributed by atoms with Crippen LogP contribution in [0.3, 0.4) is 0 Å². The Morgan fingerprint density at radius 3 is 2.64 bits per heavy atom. The Hall–Kier alpha value is -1.93. The van der Waals surface area contributed by atoms with Gasteiger partial charge in [-0.2, -0.15) is 0 Å². The molecule has 3 atom stereocenters. The SMILES string of the molecule is C[C@@H]1CN([C@@H](C)CNC(=O)c2ccc([N+](=O)[O-])o2)C[C@H](C)O1. The van der Waals surface area contributed by atoms with Gasteiger partial charge in [0, 0.05) is 25.7 Å². The van der Waals surface area contributed by atoms with Gasteiger partial charge in [-0.05, 0) is 26.8 Å². The van der Waals surface area contributed by atoms with Gasteiger partial charge in [0.1, 0.15) is 4.92 Å². The number of hydrogen-bond acceptors (Lipinski definition) is 6. The van der Waals surface area contributed by atoms with E-state index in [9.17, 15) is 14.9 Å². The molecule has 0 bridgehead atoms. The van der Waals surface area contributed by atoms with E-state index in [0.717, 1.165) is 13.1 Å². The standard InChI is InChI=1S/C14H21N3O5/c1-9(16-7-10(2)21-11(3)8-16)6-15-14(18)12-4-5-13(22-12)17(19)20/h4-5,9-11H,6-8H2,1-3H3,(H,15,18)/t9-,10-,11+/m0/s1. The molecule has 0 radical (unpaired) electrons. The van der Waals surface area contributed by atoms with Crippen LogP contribution in [-0.2, 0) is 4.74 Å². The van der Waals surface area contributed by atoms with Gasteiger partial charge < -0.3 is 14.5 Å². The summed E-state index contributed by atoms with van der Waals surface area (Å²) in [5, 5.41) is 13.3. The van der Waals surface area contributed by atoms with E-state index < -0.39 is 16.7 Å². The zero-order valence-electron chi connectivity index (χ0n) is 12.9. The van der Waals surface area contributed by atoms with Crippen molar-refractivity contribution in [2.75, 3.05) is 19.6 Å². The second-order valence-corrected chi connectivity index (χ2v) is 5.67. The number of hydrogen-bond donors (Lipinski definition) is 1. The van der Waals surface area contributed by atoms with Crippen molar-refractivity contribution in [2.24, 2.45) is 0 Å². The molecule has 1 fully saturated rings. The maximum Gasteiger partial charge on any atom is 0.433 e. The van der Waals surface area contributed by atoms with Gasteiger partial charge in [-0.15, -0.1) is 0 Å². The zero-order valence-corrected chi connectivity index (χ0v) is 12.9. The highest BCUT2D eigenvalue weighted by atomic mass is 16.6. The molecule has 1 amide bonds. The Morgan fingerprint density at radius 2 is 2.09 bits per heavy atom. The number of nitrogens with one attached hydrogen (secondary N) is 1. The smallest absolute Gasteiger partial charge is 0.395 e. The van der Waals surface area contributed by atoms with Gasteiger partial charge >= 0.3 is 5.88 Å². The van der Waals surface area contributed by atoms with E-state index in [4.69, 9.17) is 9.15 Å². The first-order chi connectivity index (χ1) is 10.4. The molecule has 0 aromatic carbocycles. The maximum atomic E-state index is 11.9. The van der Waals surface area contributed by atoms with Crippen LogP contribution in [0, 0.1) is 10.1 Å². The van der Waals surface area contributed by atoms with E-state index >= 15 is 0 Å². The monoisotopic (exact) mass is 311 g/mol. The summed E-state index contributed by atoms with van der Waals surface area (Å²) in [6.07, 6.45) is 0.323. The third-order valence-corrected chi connectivity index (χ3v) is 3.62. The van der Waals surface area contributed by atoms with Crippen molar-refractivity contribution in [3.8, 4) is 0 Å². The molecule has 0 saturated carbocycles. The van der Waals surface area contributed by atoms with Gasteiger partial charge in [0.15, 0.2) is 5.76 Å². The molecule has 1 aliphatic heterocycles. The number of nitrogens with zero attached hydrogens (tertiary/aromatic N) is 2. The summed E-state index contributed by atoms with van der Waals surface area (Å²) in [5.74, 6) is -0.939. The topological polar surface area (TPSA) is 97.9 Å². The Kier molecular flexibility index (Phi) is 5.15. The molecule has 0 aliphatic carbocycles. The maximum absolute atomic E-state index is 11.9. The summed E-state index contributed by atoms with van der Waals surface area (Å²) < 4.78 is 10.6. The highest BCUT2D eigenvalue weighted by Crippen LogP contribution is 2.16. The van der Waals surface area contributed by atoms with Crippen molar-refractivity contribution in [1.29, 1.82) is 0 Å². The van der Waals surface area contributed by atoms with Gasteiger partial charge in [0.05, 0.1) is 18.3 Å². The summed E-state index contributed by atoms with van der Waals surface area (Å²) in [5.41, 5.74) is 0. The number of amides is 1. The summed E-state index contributed by atoms with van der Waals surface area (Å²) in [6.45, 7) is 8.13. The van der Waals surface area contributed by atoms with E-state index in [1.807, 2.05) is 20.8 Å². The average molecular weight is 311 g/mol. The predicted octanol–water partition coefficient (Wildman–Crippen LogP) is 1.42. The minimum absolute atomic E-state index is 0.0531. The normalized spacial score (nSPS) is 24.0. The lowest BCUT2D eigenvalue weighted by Gasteiger charge is -2.38. The van der Waals surface area contributed by atoms with Crippen molar-refractivity contribution in [3.63, 3.8) is 0 Å². The van der Waals surface area contributed by atoms with Crippen LogP contribution >= 0.6 is 0 Å². The molecule has 1 aromatic heterocycles. The number of furan rings is 1. The van der Waals surface area contributed by atoms with Crippen LogP contribution in [0.4, 0.5) is 5.88 Å². The lowest BCUT2D eigenvalue weighted by molar-refractivity contribution is -0.402. The molecule has 0 unspecified atom stereocenters. The first-order valence-electron chi connectivity index (χ1n) is 7.28. The molecule has 0 spiro atoms. The van der Waals surface area contributed by atoms with Crippen LogP contribution in [0.15, 0.2) is 16.5 Å². The quantitative estimate of drug-likeness (QED) is 0.652. The van der Waals surface area contributed by atoms with Crippen LogP contribution in [0.1, 0.15) is 31.3 Å². The third kappa shape index (κ3) is 4.05. The molecule has 122 valence electrons. The zero-order chi connectivity index (χ0) is 16.3. The van der Waals surface area contributed by atoms with Crippen molar-refractivity contribution in [1.82, 2.24) is 10.2 Å². The number of nitro groups is 1. The first kappa shape index (κ1) is 16.4. The number of ether oxygens (including phenoxy) is 1. The summed E-state index contributed by atoms with van der Waals surface area (Å²) >= 11 is 0. The molecule has 1 aromatic rings. The van der Waals surface area contributed by atoms with Gasteiger partial charge in [-0.1, -0.05) is 0 Å². The molecule has 1 N–H and O–H groups in total. The van der Waals surface area contributed by atoms with Crippen LogP contribution < -0.4 is 5.32 Å². The number of carbonyl (C=O) groups excluding carboxylic acids is 1.